The van der Waals surface area contributed by atoms with Crippen LogP contribution in [0.4, 0.5) is 11.6 Å². The number of benzene rings is 3. The number of rotatable bonds is 7. The Bertz CT molecular complexity index is 1720. The summed E-state index contributed by atoms with van der Waals surface area (Å²) < 4.78 is 44.6. The summed E-state index contributed by atoms with van der Waals surface area (Å²) in [5.74, 6) is 2.01. The van der Waals surface area contributed by atoms with E-state index in [2.05, 4.69) is 14.7 Å². The van der Waals surface area contributed by atoms with Crippen molar-refractivity contribution >= 4 is 32.6 Å². The van der Waals surface area contributed by atoms with Crippen LogP contribution >= 0.6 is 0 Å². The zero-order valence-corrected chi connectivity index (χ0v) is 20.8. The summed E-state index contributed by atoms with van der Waals surface area (Å²) in [6, 6.07) is 22.7. The number of ether oxygens (including phenoxy) is 2. The Morgan fingerprint density at radius 1 is 0.838 bits per heavy atom. The second kappa shape index (κ2) is 10.1. The highest BCUT2D eigenvalue weighted by Crippen LogP contribution is 2.27. The van der Waals surface area contributed by atoms with Crippen molar-refractivity contribution in [2.45, 2.75) is 4.90 Å². The number of aromatic nitrogens is 2. The minimum atomic E-state index is -3.85. The van der Waals surface area contributed by atoms with Crippen LogP contribution in [-0.2, 0) is 10.0 Å². The maximum Gasteiger partial charge on any atom is 0.264 e. The van der Waals surface area contributed by atoms with Crippen molar-refractivity contribution in [3.8, 4) is 22.8 Å². The SMILES string of the molecule is COc1ccc(-c2cc(=Nc3ccc(S(=O)(=O)Nc4ncccn4)cc3)c3cc(OC)ccc3o2)cc1. The Hall–Kier alpha value is -4.70. The molecular formula is C27H22N4O5S. The van der Waals surface area contributed by atoms with Gasteiger partial charge in [0.05, 0.1) is 30.2 Å². The van der Waals surface area contributed by atoms with Crippen LogP contribution in [0.15, 0.2) is 106 Å². The maximum absolute atomic E-state index is 12.7. The lowest BCUT2D eigenvalue weighted by atomic mass is 10.1. The first-order valence-electron chi connectivity index (χ1n) is 11.2. The number of nitrogens with one attached hydrogen (secondary N) is 1. The highest BCUT2D eigenvalue weighted by Gasteiger charge is 2.15. The van der Waals surface area contributed by atoms with Crippen molar-refractivity contribution in [1.29, 1.82) is 0 Å². The molecule has 0 bridgehead atoms. The zero-order chi connectivity index (χ0) is 25.8. The van der Waals surface area contributed by atoms with Crippen molar-refractivity contribution in [1.82, 2.24) is 9.97 Å². The van der Waals surface area contributed by atoms with Gasteiger partial charge in [-0.05, 0) is 72.8 Å². The summed E-state index contributed by atoms with van der Waals surface area (Å²) in [4.78, 5) is 12.7. The van der Waals surface area contributed by atoms with Crippen LogP contribution < -0.4 is 19.6 Å². The number of methoxy groups -OCH3 is 2. The van der Waals surface area contributed by atoms with Gasteiger partial charge in [-0.3, -0.25) is 0 Å². The fourth-order valence-electron chi connectivity index (χ4n) is 3.63. The monoisotopic (exact) mass is 514 g/mol. The Morgan fingerprint density at radius 3 is 2.19 bits per heavy atom. The standard InChI is InChI=1S/C27H22N4O5S/c1-34-20-8-4-18(5-9-20)26-17-24(23-16-21(35-2)10-13-25(23)36-26)30-19-6-11-22(12-7-19)37(32,33)31-27-28-14-3-15-29-27/h3-17H,1-2H3,(H,28,29,31). The van der Waals surface area contributed by atoms with Gasteiger partial charge in [0, 0.05) is 29.4 Å². The molecule has 9 nitrogen and oxygen atoms in total. The molecule has 0 spiro atoms. The summed E-state index contributed by atoms with van der Waals surface area (Å²) in [5.41, 5.74) is 2.04. The van der Waals surface area contributed by atoms with Crippen LogP contribution in [0.25, 0.3) is 22.3 Å². The molecule has 2 heterocycles. The van der Waals surface area contributed by atoms with Crippen molar-refractivity contribution < 1.29 is 22.3 Å². The average molecular weight is 515 g/mol. The number of anilines is 1. The van der Waals surface area contributed by atoms with E-state index in [0.717, 1.165) is 16.7 Å². The Morgan fingerprint density at radius 2 is 1.51 bits per heavy atom. The minimum Gasteiger partial charge on any atom is -0.497 e. The molecular weight excluding hydrogens is 492 g/mol. The summed E-state index contributed by atoms with van der Waals surface area (Å²) in [5, 5.41) is 1.38. The van der Waals surface area contributed by atoms with Gasteiger partial charge >= 0.3 is 0 Å². The van der Waals surface area contributed by atoms with Gasteiger partial charge in [0.1, 0.15) is 22.8 Å². The van der Waals surface area contributed by atoms with Crippen LogP contribution in [0.5, 0.6) is 11.5 Å². The topological polar surface area (TPSA) is 116 Å². The van der Waals surface area contributed by atoms with Crippen molar-refractivity contribution in [3.63, 3.8) is 0 Å². The quantitative estimate of drug-likeness (QED) is 0.327. The second-order valence-corrected chi connectivity index (χ2v) is 9.55. The Balaban J connectivity index is 1.56. The van der Waals surface area contributed by atoms with Crippen LogP contribution in [0.3, 0.4) is 0 Å². The molecule has 0 aliphatic carbocycles. The molecule has 5 rings (SSSR count). The number of hydrogen-bond donors (Lipinski definition) is 1. The van der Waals surface area contributed by atoms with Crippen LogP contribution in [0.2, 0.25) is 0 Å². The largest absolute Gasteiger partial charge is 0.497 e. The van der Waals surface area contributed by atoms with E-state index < -0.39 is 10.0 Å². The third-order valence-corrected chi connectivity index (χ3v) is 6.86. The Kier molecular flexibility index (Phi) is 6.57. The van der Waals surface area contributed by atoms with E-state index in [0.29, 0.717) is 28.1 Å². The van der Waals surface area contributed by atoms with Gasteiger partial charge in [-0.15, -0.1) is 0 Å². The van der Waals surface area contributed by atoms with E-state index in [4.69, 9.17) is 18.9 Å². The molecule has 0 atom stereocenters. The molecule has 0 radical (unpaired) electrons. The number of hydrogen-bond acceptors (Lipinski definition) is 8. The second-order valence-electron chi connectivity index (χ2n) is 7.87. The summed E-state index contributed by atoms with van der Waals surface area (Å²) >= 11 is 0. The molecule has 0 unspecified atom stereocenters. The van der Waals surface area contributed by atoms with Gasteiger partial charge < -0.3 is 13.9 Å². The van der Waals surface area contributed by atoms with Gasteiger partial charge in [-0.2, -0.15) is 0 Å². The normalized spacial score (nSPS) is 11.9. The molecule has 1 N–H and O–H groups in total. The van der Waals surface area contributed by atoms with E-state index in [-0.39, 0.29) is 10.8 Å². The van der Waals surface area contributed by atoms with Crippen LogP contribution in [0, 0.1) is 0 Å². The molecule has 37 heavy (non-hydrogen) atoms. The summed E-state index contributed by atoms with van der Waals surface area (Å²) in [7, 11) is -0.649. The number of nitrogens with zero attached hydrogens (tertiary/aromatic N) is 3. The average Bonchev–Trinajstić information content (AvgIpc) is 2.93. The van der Waals surface area contributed by atoms with E-state index in [1.807, 2.05) is 48.5 Å². The third-order valence-electron chi connectivity index (χ3n) is 5.51. The van der Waals surface area contributed by atoms with Crippen LogP contribution in [0.1, 0.15) is 0 Å². The molecule has 0 saturated carbocycles. The molecule has 0 aliphatic rings. The highest BCUT2D eigenvalue weighted by atomic mass is 32.2. The van der Waals surface area contributed by atoms with Crippen molar-refractivity contribution in [3.05, 3.63) is 96.6 Å². The van der Waals surface area contributed by atoms with Gasteiger partial charge in [0.2, 0.25) is 5.95 Å². The zero-order valence-electron chi connectivity index (χ0n) is 20.0. The third kappa shape index (κ3) is 5.29. The van der Waals surface area contributed by atoms with Gasteiger partial charge in [-0.25, -0.2) is 28.1 Å². The molecule has 3 aromatic carbocycles. The molecule has 0 aliphatic heterocycles. The Labute approximate surface area is 213 Å². The first kappa shape index (κ1) is 24.0. The minimum absolute atomic E-state index is 0.00391. The van der Waals surface area contributed by atoms with E-state index in [1.54, 1.807) is 32.4 Å². The van der Waals surface area contributed by atoms with E-state index >= 15 is 0 Å². The van der Waals surface area contributed by atoms with Gasteiger partial charge in [-0.1, -0.05) is 0 Å². The highest BCUT2D eigenvalue weighted by molar-refractivity contribution is 7.92. The lowest BCUT2D eigenvalue weighted by Gasteiger charge is -2.08. The molecule has 0 saturated heterocycles. The molecule has 0 fully saturated rings. The molecule has 5 aromatic rings. The molecule has 186 valence electrons. The van der Waals surface area contributed by atoms with Crippen LogP contribution in [-0.4, -0.2) is 32.6 Å². The van der Waals surface area contributed by atoms with E-state index in [1.165, 1.54) is 24.5 Å². The fourth-order valence-corrected chi connectivity index (χ4v) is 4.59. The summed E-state index contributed by atoms with van der Waals surface area (Å²) in [6.07, 6.45) is 2.91. The molecule has 0 amide bonds. The predicted molar refractivity (Wildman–Crippen MR) is 139 cm³/mol. The van der Waals surface area contributed by atoms with E-state index in [9.17, 15) is 8.42 Å². The first-order chi connectivity index (χ1) is 17.9. The molecule has 10 heteroatoms. The fraction of sp³-hybridized carbons (Fsp3) is 0.0741. The lowest BCUT2D eigenvalue weighted by Crippen LogP contribution is -2.14. The summed E-state index contributed by atoms with van der Waals surface area (Å²) in [6.45, 7) is 0. The smallest absolute Gasteiger partial charge is 0.264 e. The lowest BCUT2D eigenvalue weighted by molar-refractivity contribution is 0.414. The maximum atomic E-state index is 12.7. The van der Waals surface area contributed by atoms with Gasteiger partial charge in [0.15, 0.2) is 0 Å². The molecule has 2 aromatic heterocycles. The number of sulfonamides is 1. The van der Waals surface area contributed by atoms with Crippen molar-refractivity contribution in [2.75, 3.05) is 18.9 Å². The predicted octanol–water partition coefficient (Wildman–Crippen LogP) is 4.94. The van der Waals surface area contributed by atoms with Gasteiger partial charge in [0.25, 0.3) is 10.0 Å². The van der Waals surface area contributed by atoms with Crippen molar-refractivity contribution in [2.24, 2.45) is 4.99 Å². The number of fused-ring (bicyclic) bond motifs is 1. The first-order valence-corrected chi connectivity index (χ1v) is 12.6.